The largest absolute Gasteiger partial charge is 0.504 e. The second kappa shape index (κ2) is 7.62. The first-order valence-corrected chi connectivity index (χ1v) is 7.77. The van der Waals surface area contributed by atoms with E-state index in [9.17, 15) is 15.0 Å². The van der Waals surface area contributed by atoms with Crippen molar-refractivity contribution in [1.29, 1.82) is 0 Å². The van der Waals surface area contributed by atoms with Gasteiger partial charge in [0.2, 0.25) is 5.82 Å². The van der Waals surface area contributed by atoms with Crippen LogP contribution in [0.25, 0.3) is 11.4 Å². The lowest BCUT2D eigenvalue weighted by Gasteiger charge is -2.02. The average Bonchev–Trinajstić information content (AvgIpc) is 3.09. The van der Waals surface area contributed by atoms with Gasteiger partial charge in [0.05, 0.1) is 11.2 Å². The average molecular weight is 373 g/mol. The van der Waals surface area contributed by atoms with Crippen LogP contribution < -0.4 is 5.43 Å². The second-order valence-electron chi connectivity index (χ2n) is 5.17. The summed E-state index contributed by atoms with van der Waals surface area (Å²) in [6, 6.07) is 11.9. The number of aromatic hydroxyl groups is 2. The summed E-state index contributed by atoms with van der Waals surface area (Å²) in [4.78, 5) is 13.0. The van der Waals surface area contributed by atoms with E-state index in [0.717, 1.165) is 10.4 Å². The van der Waals surface area contributed by atoms with Gasteiger partial charge in [-0.2, -0.15) is 9.90 Å². The summed E-state index contributed by atoms with van der Waals surface area (Å²) in [5.41, 5.74) is 3.49. The Labute approximate surface area is 152 Å². The molecule has 0 saturated heterocycles. The fraction of sp³-hybridized carbons (Fsp3) is 0.0625. The third kappa shape index (κ3) is 4.14. The molecule has 0 unspecified atom stereocenters. The Morgan fingerprint density at radius 2 is 2.04 bits per heavy atom. The first-order chi connectivity index (χ1) is 12.5. The van der Waals surface area contributed by atoms with Crippen LogP contribution in [-0.4, -0.2) is 42.5 Å². The molecule has 0 spiro atoms. The number of phenols is 2. The van der Waals surface area contributed by atoms with Crippen molar-refractivity contribution in [2.45, 2.75) is 6.54 Å². The first-order valence-electron chi connectivity index (χ1n) is 7.39. The Hall–Kier alpha value is -3.46. The Bertz CT molecular complexity index is 935. The molecule has 0 aliphatic carbocycles. The molecule has 2 aromatic carbocycles. The van der Waals surface area contributed by atoms with E-state index >= 15 is 0 Å². The van der Waals surface area contributed by atoms with Crippen LogP contribution in [0, 0.1) is 0 Å². The van der Waals surface area contributed by atoms with E-state index < -0.39 is 11.7 Å². The molecule has 1 aromatic heterocycles. The molecule has 26 heavy (non-hydrogen) atoms. The van der Waals surface area contributed by atoms with Gasteiger partial charge in [-0.05, 0) is 22.9 Å². The van der Waals surface area contributed by atoms with E-state index in [4.69, 9.17) is 11.6 Å². The molecule has 0 radical (unpaired) electrons. The number of halogens is 1. The van der Waals surface area contributed by atoms with Crippen molar-refractivity contribution in [2.24, 2.45) is 5.10 Å². The molecule has 0 aliphatic rings. The van der Waals surface area contributed by atoms with Crippen LogP contribution in [0.5, 0.6) is 11.5 Å². The maximum absolute atomic E-state index is 11.9. The normalized spacial score (nSPS) is 11.0. The lowest BCUT2D eigenvalue weighted by atomic mass is 10.2. The minimum atomic E-state index is -0.465. The molecular weight excluding hydrogens is 360 g/mol. The predicted octanol–water partition coefficient (Wildman–Crippen LogP) is 1.55. The van der Waals surface area contributed by atoms with Crippen molar-refractivity contribution in [3.8, 4) is 22.9 Å². The van der Waals surface area contributed by atoms with Crippen LogP contribution in [0.3, 0.4) is 0 Å². The van der Waals surface area contributed by atoms with Crippen LogP contribution in [0.1, 0.15) is 5.56 Å². The van der Waals surface area contributed by atoms with Crippen molar-refractivity contribution in [1.82, 2.24) is 25.6 Å². The Kier molecular flexibility index (Phi) is 5.09. The van der Waals surface area contributed by atoms with Crippen LogP contribution in [0.2, 0.25) is 5.02 Å². The van der Waals surface area contributed by atoms with Crippen LogP contribution in [0.4, 0.5) is 0 Å². The number of nitrogens with zero attached hydrogens (tertiary/aromatic N) is 5. The highest BCUT2D eigenvalue weighted by molar-refractivity contribution is 6.32. The summed E-state index contributed by atoms with van der Waals surface area (Å²) in [5.74, 6) is -0.853. The number of amides is 1. The number of aromatic nitrogens is 4. The minimum Gasteiger partial charge on any atom is -0.504 e. The predicted molar refractivity (Wildman–Crippen MR) is 93.8 cm³/mol. The molecule has 0 atom stereocenters. The molecule has 0 saturated carbocycles. The molecule has 9 nitrogen and oxygen atoms in total. The van der Waals surface area contributed by atoms with Crippen LogP contribution >= 0.6 is 11.6 Å². The van der Waals surface area contributed by atoms with Gasteiger partial charge < -0.3 is 10.2 Å². The van der Waals surface area contributed by atoms with Gasteiger partial charge in [0.25, 0.3) is 5.91 Å². The zero-order valence-corrected chi connectivity index (χ0v) is 14.0. The molecule has 0 bridgehead atoms. The number of hydrogen-bond donors (Lipinski definition) is 3. The summed E-state index contributed by atoms with van der Waals surface area (Å²) in [5, 5.41) is 34.4. The lowest BCUT2D eigenvalue weighted by Crippen LogP contribution is -2.24. The molecule has 0 fully saturated rings. The highest BCUT2D eigenvalue weighted by atomic mass is 35.5. The number of phenolic OH excluding ortho intramolecular Hbond substituents is 2. The number of rotatable bonds is 5. The fourth-order valence-corrected chi connectivity index (χ4v) is 2.26. The topological polar surface area (TPSA) is 126 Å². The number of hydrogen-bond acceptors (Lipinski definition) is 7. The van der Waals surface area contributed by atoms with Crippen molar-refractivity contribution in [3.05, 3.63) is 53.1 Å². The number of tetrazole rings is 1. The smallest absolute Gasteiger partial charge is 0.263 e. The maximum atomic E-state index is 11.9. The molecule has 0 aliphatic heterocycles. The van der Waals surface area contributed by atoms with Gasteiger partial charge >= 0.3 is 0 Å². The van der Waals surface area contributed by atoms with E-state index in [1.54, 1.807) is 0 Å². The molecule has 1 amide bonds. The van der Waals surface area contributed by atoms with Crippen molar-refractivity contribution in [2.75, 3.05) is 0 Å². The SMILES string of the molecule is O=C(Cn1nnc(-c2ccccc2)n1)N/N=C/c1cc(O)c(O)c(Cl)c1. The van der Waals surface area contributed by atoms with E-state index in [0.29, 0.717) is 11.4 Å². The number of carbonyl (C=O) groups excluding carboxylic acids is 1. The van der Waals surface area contributed by atoms with E-state index in [1.165, 1.54) is 18.3 Å². The summed E-state index contributed by atoms with van der Waals surface area (Å²) < 4.78 is 0. The summed E-state index contributed by atoms with van der Waals surface area (Å²) in [7, 11) is 0. The van der Waals surface area contributed by atoms with Gasteiger partial charge in [0.15, 0.2) is 11.5 Å². The molecule has 3 rings (SSSR count). The molecule has 3 N–H and O–H groups in total. The number of benzene rings is 2. The number of carbonyl (C=O) groups is 1. The maximum Gasteiger partial charge on any atom is 0.263 e. The van der Waals surface area contributed by atoms with Crippen LogP contribution in [0.15, 0.2) is 47.6 Å². The number of nitrogens with one attached hydrogen (secondary N) is 1. The van der Waals surface area contributed by atoms with Gasteiger partial charge in [-0.1, -0.05) is 41.9 Å². The zero-order chi connectivity index (χ0) is 18.5. The highest BCUT2D eigenvalue weighted by Gasteiger charge is 2.09. The van der Waals surface area contributed by atoms with Gasteiger partial charge in [-0.15, -0.1) is 10.2 Å². The van der Waals surface area contributed by atoms with Gasteiger partial charge in [-0.25, -0.2) is 5.43 Å². The summed E-state index contributed by atoms with van der Waals surface area (Å²) in [6.07, 6.45) is 1.27. The van der Waals surface area contributed by atoms with E-state index in [-0.39, 0.29) is 17.3 Å². The quantitative estimate of drug-likeness (QED) is 0.354. The van der Waals surface area contributed by atoms with Crippen molar-refractivity contribution < 1.29 is 15.0 Å². The Morgan fingerprint density at radius 1 is 1.27 bits per heavy atom. The first kappa shape index (κ1) is 17.4. The molecular formula is C16H13ClN6O3. The van der Waals surface area contributed by atoms with Crippen molar-refractivity contribution >= 4 is 23.7 Å². The Balaban J connectivity index is 1.59. The van der Waals surface area contributed by atoms with Gasteiger partial charge in [0, 0.05) is 5.56 Å². The van der Waals surface area contributed by atoms with Gasteiger partial charge in [0.1, 0.15) is 6.54 Å². The highest BCUT2D eigenvalue weighted by Crippen LogP contribution is 2.33. The van der Waals surface area contributed by atoms with Gasteiger partial charge in [-0.3, -0.25) is 4.79 Å². The summed E-state index contributed by atoms with van der Waals surface area (Å²) in [6.45, 7) is -0.168. The molecule has 10 heteroatoms. The zero-order valence-electron chi connectivity index (χ0n) is 13.2. The number of hydrazone groups is 1. The third-order valence-corrected chi connectivity index (χ3v) is 3.53. The van der Waals surface area contributed by atoms with E-state index in [1.807, 2.05) is 30.3 Å². The van der Waals surface area contributed by atoms with E-state index in [2.05, 4.69) is 25.9 Å². The monoisotopic (exact) mass is 372 g/mol. The lowest BCUT2D eigenvalue weighted by molar-refractivity contribution is -0.122. The standard InChI is InChI=1S/C16H13ClN6O3/c17-12-6-10(7-13(24)15(12)26)8-18-19-14(25)9-23-21-16(20-22-23)11-4-2-1-3-5-11/h1-8,24,26H,9H2,(H,19,25)/b18-8+. The molecule has 3 aromatic rings. The Morgan fingerprint density at radius 3 is 2.77 bits per heavy atom. The van der Waals surface area contributed by atoms with Crippen LogP contribution in [-0.2, 0) is 11.3 Å². The summed E-state index contributed by atoms with van der Waals surface area (Å²) >= 11 is 5.73. The second-order valence-corrected chi connectivity index (χ2v) is 5.58. The third-order valence-electron chi connectivity index (χ3n) is 3.24. The fourth-order valence-electron chi connectivity index (χ4n) is 2.04. The molecule has 1 heterocycles. The van der Waals surface area contributed by atoms with Crippen molar-refractivity contribution in [3.63, 3.8) is 0 Å². The molecule has 132 valence electrons. The minimum absolute atomic E-state index is 0.0296.